The number of hydrogen-bond donors (Lipinski definition) is 1. The Kier molecular flexibility index (Phi) is 8.03. The molecule has 1 N–H and O–H groups in total. The van der Waals surface area contributed by atoms with Crippen LogP contribution in [0.25, 0.3) is 0 Å². The number of nitrogens with zero attached hydrogens (tertiary/aromatic N) is 3. The summed E-state index contributed by atoms with van der Waals surface area (Å²) < 4.78 is 62.1. The minimum atomic E-state index is -3.89. The van der Waals surface area contributed by atoms with E-state index in [-0.39, 0.29) is 36.8 Å². The normalized spacial score (nSPS) is 18.3. The average molecular weight is 606 g/mol. The van der Waals surface area contributed by atoms with Crippen LogP contribution >= 0.6 is 0 Å². The lowest BCUT2D eigenvalue weighted by Gasteiger charge is -2.31. The highest BCUT2D eigenvalue weighted by atomic mass is 32.2. The number of hydrogen-bond acceptors (Lipinski definition) is 7. The molecule has 0 aromatic heterocycles. The molecule has 0 bridgehead atoms. The molecule has 42 heavy (non-hydrogen) atoms. The SMILES string of the molecule is CC(C)(C)OC(=O)N1CCc2ccc(C(O)C(=O)N3CC4=C(C3)CN(S(=O)(=O)c3ccc(OC(F)F)cc3)C4)cc2C1. The molecule has 0 saturated carbocycles. The molecular formula is C29H33F2N3O7S. The first kappa shape index (κ1) is 29.9. The summed E-state index contributed by atoms with van der Waals surface area (Å²) in [4.78, 5) is 28.9. The fourth-order valence-corrected chi connectivity index (χ4v) is 6.79. The second-order valence-corrected chi connectivity index (χ2v) is 13.5. The smallest absolute Gasteiger partial charge is 0.410 e. The molecule has 3 heterocycles. The van der Waals surface area contributed by atoms with Crippen LogP contribution in [-0.4, -0.2) is 84.6 Å². The summed E-state index contributed by atoms with van der Waals surface area (Å²) in [7, 11) is -3.89. The highest BCUT2D eigenvalue weighted by Crippen LogP contribution is 2.33. The number of alkyl halides is 2. The lowest BCUT2D eigenvalue weighted by atomic mass is 9.95. The van der Waals surface area contributed by atoms with E-state index in [1.165, 1.54) is 33.5 Å². The molecule has 10 nitrogen and oxygen atoms in total. The molecule has 0 saturated heterocycles. The summed E-state index contributed by atoms with van der Waals surface area (Å²) in [6.45, 7) is 3.78. The van der Waals surface area contributed by atoms with E-state index in [2.05, 4.69) is 4.74 Å². The zero-order valence-electron chi connectivity index (χ0n) is 23.5. The van der Waals surface area contributed by atoms with Gasteiger partial charge in [-0.3, -0.25) is 4.79 Å². The van der Waals surface area contributed by atoms with Crippen molar-refractivity contribution in [3.05, 3.63) is 70.3 Å². The molecule has 1 atom stereocenters. The van der Waals surface area contributed by atoms with Crippen LogP contribution < -0.4 is 4.74 Å². The number of fused-ring (bicyclic) bond motifs is 1. The minimum absolute atomic E-state index is 0.0497. The molecule has 0 radical (unpaired) electrons. The van der Waals surface area contributed by atoms with E-state index in [0.717, 1.165) is 22.3 Å². The molecule has 2 amide bonds. The summed E-state index contributed by atoms with van der Waals surface area (Å²) in [6, 6.07) is 10.1. The van der Waals surface area contributed by atoms with Crippen molar-refractivity contribution in [1.29, 1.82) is 0 Å². The van der Waals surface area contributed by atoms with Crippen LogP contribution in [-0.2, 0) is 32.5 Å². The van der Waals surface area contributed by atoms with Gasteiger partial charge in [0.2, 0.25) is 10.0 Å². The van der Waals surface area contributed by atoms with E-state index in [9.17, 15) is 31.9 Å². The van der Waals surface area contributed by atoms with E-state index in [0.29, 0.717) is 25.1 Å². The van der Waals surface area contributed by atoms with Gasteiger partial charge in [-0.25, -0.2) is 13.2 Å². The maximum Gasteiger partial charge on any atom is 0.410 e. The van der Waals surface area contributed by atoms with Crippen molar-refractivity contribution < 1.29 is 41.4 Å². The Morgan fingerprint density at radius 2 is 1.55 bits per heavy atom. The number of aliphatic hydroxyl groups is 1. The Morgan fingerprint density at radius 3 is 2.14 bits per heavy atom. The Balaban J connectivity index is 1.20. The van der Waals surface area contributed by atoms with E-state index in [1.807, 2.05) is 6.07 Å². The summed E-state index contributed by atoms with van der Waals surface area (Å²) in [5, 5.41) is 11.0. The molecular weight excluding hydrogens is 572 g/mol. The highest BCUT2D eigenvalue weighted by Gasteiger charge is 2.39. The number of halogens is 2. The highest BCUT2D eigenvalue weighted by molar-refractivity contribution is 7.89. The first-order valence-corrected chi connectivity index (χ1v) is 15.0. The maximum atomic E-state index is 13.3. The molecule has 1 unspecified atom stereocenters. The van der Waals surface area contributed by atoms with Crippen LogP contribution in [0.1, 0.15) is 43.6 Å². The molecule has 2 aromatic rings. The third-order valence-electron chi connectivity index (χ3n) is 7.44. The predicted octanol–water partition coefficient (Wildman–Crippen LogP) is 3.46. The number of carbonyl (C=O) groups excluding carboxylic acids is 2. The molecule has 3 aliphatic rings. The third-order valence-corrected chi connectivity index (χ3v) is 9.25. The second kappa shape index (κ2) is 11.3. The van der Waals surface area contributed by atoms with Crippen molar-refractivity contribution >= 4 is 22.0 Å². The van der Waals surface area contributed by atoms with Crippen molar-refractivity contribution in [2.45, 2.75) is 56.9 Å². The van der Waals surface area contributed by atoms with E-state index < -0.39 is 40.3 Å². The van der Waals surface area contributed by atoms with Gasteiger partial charge in [-0.05, 0) is 79.3 Å². The van der Waals surface area contributed by atoms with Crippen molar-refractivity contribution in [3.63, 3.8) is 0 Å². The largest absolute Gasteiger partial charge is 0.444 e. The van der Waals surface area contributed by atoms with Crippen molar-refractivity contribution in [2.24, 2.45) is 0 Å². The van der Waals surface area contributed by atoms with E-state index >= 15 is 0 Å². The molecule has 13 heteroatoms. The minimum Gasteiger partial charge on any atom is -0.444 e. The van der Waals surface area contributed by atoms with Gasteiger partial charge in [-0.15, -0.1) is 0 Å². The van der Waals surface area contributed by atoms with E-state index in [4.69, 9.17) is 4.74 Å². The van der Waals surface area contributed by atoms with Crippen LogP contribution in [0.15, 0.2) is 58.5 Å². The van der Waals surface area contributed by atoms with Gasteiger partial charge < -0.3 is 24.4 Å². The summed E-state index contributed by atoms with van der Waals surface area (Å²) in [6.07, 6.45) is -1.20. The summed E-state index contributed by atoms with van der Waals surface area (Å²) >= 11 is 0. The predicted molar refractivity (Wildman–Crippen MR) is 147 cm³/mol. The first-order chi connectivity index (χ1) is 19.7. The Morgan fingerprint density at radius 1 is 0.905 bits per heavy atom. The lowest BCUT2D eigenvalue weighted by Crippen LogP contribution is -2.40. The van der Waals surface area contributed by atoms with Gasteiger partial charge in [0.1, 0.15) is 11.4 Å². The standard InChI is InChI=1S/C29H33F2N3O7S/c1-29(2,3)41-28(37)32-11-10-18-4-5-19(12-20(18)13-32)25(35)26(36)33-14-21-16-34(17-22(21)15-33)42(38,39)24-8-6-23(7-9-24)40-27(30)31/h4-9,12,25,27,35H,10-11,13-17H2,1-3H3. The zero-order chi connectivity index (χ0) is 30.4. The average Bonchev–Trinajstić information content (AvgIpc) is 3.51. The molecule has 0 spiro atoms. The van der Waals surface area contributed by atoms with Crippen LogP contribution in [0.4, 0.5) is 13.6 Å². The number of ether oxygens (including phenoxy) is 2. The topological polar surface area (TPSA) is 117 Å². The molecule has 0 aliphatic carbocycles. The fraction of sp³-hybridized carbons (Fsp3) is 0.448. The quantitative estimate of drug-likeness (QED) is 0.502. The molecule has 0 fully saturated rings. The number of aliphatic hydroxyl groups excluding tert-OH is 1. The monoisotopic (exact) mass is 605 g/mol. The van der Waals surface area contributed by atoms with Crippen LogP contribution in [0.3, 0.4) is 0 Å². The maximum absolute atomic E-state index is 13.3. The van der Waals surface area contributed by atoms with Gasteiger partial charge in [0.05, 0.1) is 4.90 Å². The fourth-order valence-electron chi connectivity index (χ4n) is 5.36. The lowest BCUT2D eigenvalue weighted by molar-refractivity contribution is -0.139. The number of carbonyl (C=O) groups is 2. The van der Waals surface area contributed by atoms with Crippen LogP contribution in [0.5, 0.6) is 5.75 Å². The van der Waals surface area contributed by atoms with Gasteiger partial charge >= 0.3 is 12.7 Å². The summed E-state index contributed by atoms with van der Waals surface area (Å²) in [5.74, 6) is -0.633. The third kappa shape index (κ3) is 6.27. The van der Waals surface area contributed by atoms with Gasteiger partial charge in [-0.2, -0.15) is 13.1 Å². The second-order valence-electron chi connectivity index (χ2n) is 11.6. The van der Waals surface area contributed by atoms with Gasteiger partial charge in [0.25, 0.3) is 5.91 Å². The Labute approximate surface area is 243 Å². The van der Waals surface area contributed by atoms with Gasteiger partial charge in [-0.1, -0.05) is 18.2 Å². The van der Waals surface area contributed by atoms with Crippen molar-refractivity contribution in [1.82, 2.24) is 14.1 Å². The van der Waals surface area contributed by atoms with Crippen molar-refractivity contribution in [3.8, 4) is 5.75 Å². The number of amides is 2. The molecule has 5 rings (SSSR count). The zero-order valence-corrected chi connectivity index (χ0v) is 24.4. The first-order valence-electron chi connectivity index (χ1n) is 13.5. The molecule has 3 aliphatic heterocycles. The van der Waals surface area contributed by atoms with Crippen LogP contribution in [0, 0.1) is 0 Å². The molecule has 226 valence electrons. The summed E-state index contributed by atoms with van der Waals surface area (Å²) in [5.41, 5.74) is 3.25. The Hall–Kier alpha value is -3.55. The van der Waals surface area contributed by atoms with Crippen LogP contribution in [0.2, 0.25) is 0 Å². The van der Waals surface area contributed by atoms with Crippen molar-refractivity contribution in [2.75, 3.05) is 32.7 Å². The molecule has 2 aromatic carbocycles. The number of sulfonamides is 1. The Bertz CT molecular complexity index is 1500. The number of rotatable bonds is 6. The van der Waals surface area contributed by atoms with E-state index in [1.54, 1.807) is 37.8 Å². The van der Waals surface area contributed by atoms with Gasteiger partial charge in [0.15, 0.2) is 6.10 Å². The van der Waals surface area contributed by atoms with Gasteiger partial charge in [0, 0.05) is 39.3 Å². The number of benzene rings is 2.